The highest BCUT2D eigenvalue weighted by atomic mass is 16.3. The summed E-state index contributed by atoms with van der Waals surface area (Å²) in [5.41, 5.74) is 1.46. The molecule has 0 saturated heterocycles. The van der Waals surface area contributed by atoms with Gasteiger partial charge in [-0.3, -0.25) is 0 Å². The molecular formula is C20H34O2. The monoisotopic (exact) mass is 306 g/mol. The Labute approximate surface area is 136 Å². The van der Waals surface area contributed by atoms with Gasteiger partial charge in [0.2, 0.25) is 0 Å². The molecule has 2 nitrogen and oxygen atoms in total. The van der Waals surface area contributed by atoms with Gasteiger partial charge < -0.3 is 10.2 Å². The molecular weight excluding hydrogens is 272 g/mol. The molecule has 0 aliphatic heterocycles. The number of allylic oxidation sites excluding steroid dienone is 3. The molecule has 0 aromatic carbocycles. The van der Waals surface area contributed by atoms with Crippen molar-refractivity contribution in [2.75, 3.05) is 0 Å². The lowest BCUT2D eigenvalue weighted by molar-refractivity contribution is -0.0453. The highest BCUT2D eigenvalue weighted by molar-refractivity contribution is 5.18. The molecule has 126 valence electrons. The van der Waals surface area contributed by atoms with Crippen LogP contribution in [-0.2, 0) is 0 Å². The first-order valence-electron chi connectivity index (χ1n) is 8.94. The Morgan fingerprint density at radius 1 is 1.09 bits per heavy atom. The van der Waals surface area contributed by atoms with E-state index < -0.39 is 11.2 Å². The average Bonchev–Trinajstić information content (AvgIpc) is 2.68. The molecule has 1 fully saturated rings. The normalized spacial score (nSPS) is 40.7. The van der Waals surface area contributed by atoms with Crippen molar-refractivity contribution in [2.24, 2.45) is 17.8 Å². The summed E-state index contributed by atoms with van der Waals surface area (Å²) in [7, 11) is 0. The van der Waals surface area contributed by atoms with Crippen molar-refractivity contribution in [3.05, 3.63) is 23.3 Å². The first-order valence-corrected chi connectivity index (χ1v) is 8.94. The molecule has 0 bridgehead atoms. The minimum atomic E-state index is -0.704. The minimum absolute atomic E-state index is 0.0679. The van der Waals surface area contributed by atoms with Gasteiger partial charge in [-0.25, -0.2) is 0 Å². The fourth-order valence-electron chi connectivity index (χ4n) is 4.26. The molecule has 0 spiro atoms. The second-order valence-corrected chi connectivity index (χ2v) is 8.37. The molecule has 0 aromatic rings. The zero-order chi connectivity index (χ0) is 16.5. The van der Waals surface area contributed by atoms with Crippen LogP contribution in [0.3, 0.4) is 0 Å². The van der Waals surface area contributed by atoms with Crippen molar-refractivity contribution in [3.8, 4) is 0 Å². The van der Waals surface area contributed by atoms with Crippen molar-refractivity contribution in [1.29, 1.82) is 0 Å². The van der Waals surface area contributed by atoms with E-state index in [1.807, 2.05) is 13.8 Å². The van der Waals surface area contributed by atoms with Crippen LogP contribution >= 0.6 is 0 Å². The van der Waals surface area contributed by atoms with E-state index in [0.717, 1.165) is 38.5 Å². The Morgan fingerprint density at radius 3 is 2.41 bits per heavy atom. The Hall–Kier alpha value is -0.600. The maximum atomic E-state index is 11.0. The van der Waals surface area contributed by atoms with Crippen LogP contribution in [0.25, 0.3) is 0 Å². The molecule has 0 unspecified atom stereocenters. The van der Waals surface area contributed by atoms with Crippen LogP contribution in [0, 0.1) is 17.8 Å². The summed E-state index contributed by atoms with van der Waals surface area (Å²) in [5.74, 6) is 0.719. The van der Waals surface area contributed by atoms with E-state index in [1.165, 1.54) is 11.1 Å². The van der Waals surface area contributed by atoms with Gasteiger partial charge in [0.15, 0.2) is 0 Å². The van der Waals surface area contributed by atoms with Crippen molar-refractivity contribution < 1.29 is 10.2 Å². The number of hydrogen-bond donors (Lipinski definition) is 2. The number of hydrogen-bond acceptors (Lipinski definition) is 2. The molecule has 0 heterocycles. The van der Waals surface area contributed by atoms with Crippen LogP contribution in [0.15, 0.2) is 23.3 Å². The predicted molar refractivity (Wildman–Crippen MR) is 92.6 cm³/mol. The summed E-state index contributed by atoms with van der Waals surface area (Å²) < 4.78 is 0. The Balaban J connectivity index is 2.42. The number of aliphatic hydroxyl groups is 2. The Kier molecular flexibility index (Phi) is 5.23. The van der Waals surface area contributed by atoms with E-state index >= 15 is 0 Å². The van der Waals surface area contributed by atoms with E-state index in [4.69, 9.17) is 0 Å². The van der Waals surface area contributed by atoms with Gasteiger partial charge in [-0.2, -0.15) is 0 Å². The minimum Gasteiger partial charge on any atom is -0.390 e. The SMILES string of the molecule is CC1=CCC[C@@](C)(O)[C@@H]2CC[C@@](C)(O)[C@H]2C=C(C(C)C)CC1. The molecule has 2 rings (SSSR count). The summed E-state index contributed by atoms with van der Waals surface area (Å²) in [6, 6.07) is 0. The van der Waals surface area contributed by atoms with Crippen LogP contribution < -0.4 is 0 Å². The van der Waals surface area contributed by atoms with Crippen molar-refractivity contribution >= 4 is 0 Å². The van der Waals surface area contributed by atoms with E-state index in [0.29, 0.717) is 5.92 Å². The molecule has 0 aromatic heterocycles. The topological polar surface area (TPSA) is 40.5 Å². The van der Waals surface area contributed by atoms with Crippen LogP contribution in [0.2, 0.25) is 0 Å². The van der Waals surface area contributed by atoms with Gasteiger partial charge >= 0.3 is 0 Å². The lowest BCUT2D eigenvalue weighted by atomic mass is 9.74. The zero-order valence-corrected chi connectivity index (χ0v) is 15.0. The van der Waals surface area contributed by atoms with Crippen LogP contribution in [0.5, 0.6) is 0 Å². The first kappa shape index (κ1) is 17.7. The average molecular weight is 306 g/mol. The third-order valence-electron chi connectivity index (χ3n) is 6.00. The highest BCUT2D eigenvalue weighted by Gasteiger charge is 2.49. The van der Waals surface area contributed by atoms with Crippen molar-refractivity contribution in [2.45, 2.75) is 84.3 Å². The van der Waals surface area contributed by atoms with Crippen molar-refractivity contribution in [1.82, 2.24) is 0 Å². The van der Waals surface area contributed by atoms with Crippen LogP contribution in [0.1, 0.15) is 73.1 Å². The second kappa shape index (κ2) is 6.49. The fourth-order valence-corrected chi connectivity index (χ4v) is 4.26. The smallest absolute Gasteiger partial charge is 0.0686 e. The molecule has 2 aliphatic rings. The maximum absolute atomic E-state index is 11.0. The van der Waals surface area contributed by atoms with Gasteiger partial charge in [0.05, 0.1) is 11.2 Å². The maximum Gasteiger partial charge on any atom is 0.0686 e. The quantitative estimate of drug-likeness (QED) is 0.694. The van der Waals surface area contributed by atoms with Gasteiger partial charge in [0, 0.05) is 5.92 Å². The lowest BCUT2D eigenvalue weighted by Crippen LogP contribution is -2.41. The molecule has 22 heavy (non-hydrogen) atoms. The summed E-state index contributed by atoms with van der Waals surface area (Å²) >= 11 is 0. The highest BCUT2D eigenvalue weighted by Crippen LogP contribution is 2.48. The molecule has 0 amide bonds. The second-order valence-electron chi connectivity index (χ2n) is 8.37. The third-order valence-corrected chi connectivity index (χ3v) is 6.00. The number of rotatable bonds is 1. The predicted octanol–water partition coefficient (Wildman–Crippen LogP) is 4.62. The summed E-state index contributed by atoms with van der Waals surface area (Å²) in [4.78, 5) is 0. The summed E-state index contributed by atoms with van der Waals surface area (Å²) in [6.45, 7) is 10.6. The molecule has 2 N–H and O–H groups in total. The fraction of sp³-hybridized carbons (Fsp3) is 0.800. The van der Waals surface area contributed by atoms with Crippen LogP contribution in [-0.4, -0.2) is 21.4 Å². The molecule has 2 aliphatic carbocycles. The first-order chi connectivity index (χ1) is 10.1. The lowest BCUT2D eigenvalue weighted by Gasteiger charge is -2.37. The Bertz CT molecular complexity index is 454. The Morgan fingerprint density at radius 2 is 1.77 bits per heavy atom. The van der Waals surface area contributed by atoms with Gasteiger partial charge in [-0.1, -0.05) is 37.1 Å². The van der Waals surface area contributed by atoms with Crippen molar-refractivity contribution in [3.63, 3.8) is 0 Å². The standard InChI is InChI=1S/C20H34O2/c1-14(2)16-9-8-15(3)7-6-11-19(4,21)17-10-12-20(5,22)18(17)13-16/h7,13-14,17-18,21-22H,6,8-12H2,1-5H3/t17-,18+,19-,20-/m1/s1. The molecule has 2 heteroatoms. The van der Waals surface area contributed by atoms with E-state index in [-0.39, 0.29) is 11.8 Å². The molecule has 1 saturated carbocycles. The largest absolute Gasteiger partial charge is 0.390 e. The van der Waals surface area contributed by atoms with E-state index in [2.05, 4.69) is 32.9 Å². The van der Waals surface area contributed by atoms with Gasteiger partial charge in [-0.15, -0.1) is 0 Å². The van der Waals surface area contributed by atoms with Crippen LogP contribution in [0.4, 0.5) is 0 Å². The van der Waals surface area contributed by atoms with Gasteiger partial charge in [-0.05, 0) is 71.1 Å². The van der Waals surface area contributed by atoms with Gasteiger partial charge in [0.25, 0.3) is 0 Å². The van der Waals surface area contributed by atoms with E-state index in [1.54, 1.807) is 0 Å². The van der Waals surface area contributed by atoms with E-state index in [9.17, 15) is 10.2 Å². The van der Waals surface area contributed by atoms with Gasteiger partial charge in [0.1, 0.15) is 0 Å². The number of fused-ring (bicyclic) bond motifs is 1. The summed E-state index contributed by atoms with van der Waals surface area (Å²) in [6.07, 6.45) is 10.2. The third kappa shape index (κ3) is 3.83. The molecule has 4 atom stereocenters. The summed E-state index contributed by atoms with van der Waals surface area (Å²) in [5, 5.41) is 21.9. The molecule has 0 radical (unpaired) electrons. The zero-order valence-electron chi connectivity index (χ0n) is 15.0.